The number of halogens is 2. The summed E-state index contributed by atoms with van der Waals surface area (Å²) >= 11 is 0. The number of nitrogens with zero attached hydrogens (tertiary/aromatic N) is 1. The number of phenols is 1. The normalized spacial score (nSPS) is 17.5. The summed E-state index contributed by atoms with van der Waals surface area (Å²) < 4.78 is 33.6. The molecule has 28 heavy (non-hydrogen) atoms. The quantitative estimate of drug-likeness (QED) is 0.752. The number of carbonyl (C=O) groups excluding carboxylic acids is 2. The molecule has 3 rings (SSSR count). The van der Waals surface area contributed by atoms with Gasteiger partial charge in [-0.15, -0.1) is 0 Å². The Balaban J connectivity index is 1.90. The Bertz CT molecular complexity index is 968. The van der Waals surface area contributed by atoms with Gasteiger partial charge >= 0.3 is 6.03 Å². The minimum absolute atomic E-state index is 0.00792. The molecule has 0 bridgehead atoms. The van der Waals surface area contributed by atoms with Gasteiger partial charge < -0.3 is 20.5 Å². The molecule has 1 aliphatic heterocycles. The van der Waals surface area contributed by atoms with Gasteiger partial charge in [-0.05, 0) is 18.6 Å². The molecule has 0 saturated carbocycles. The Morgan fingerprint density at radius 2 is 1.96 bits per heavy atom. The predicted octanol–water partition coefficient (Wildman–Crippen LogP) is 2.87. The summed E-state index contributed by atoms with van der Waals surface area (Å²) in [5, 5.41) is 14.5. The van der Waals surface area contributed by atoms with Crippen molar-refractivity contribution in [2.24, 2.45) is 4.99 Å². The number of phenolic OH excluding ortho intramolecular Hbond substituents is 1. The van der Waals surface area contributed by atoms with E-state index >= 15 is 0 Å². The summed E-state index contributed by atoms with van der Waals surface area (Å²) in [4.78, 5) is 27.9. The van der Waals surface area contributed by atoms with E-state index in [-0.39, 0.29) is 35.0 Å². The van der Waals surface area contributed by atoms with E-state index in [1.54, 1.807) is 19.1 Å². The first-order valence-corrected chi connectivity index (χ1v) is 8.30. The summed E-state index contributed by atoms with van der Waals surface area (Å²) in [6.07, 6.45) is 0. The number of aryl methyl sites for hydroxylation is 1. The van der Waals surface area contributed by atoms with E-state index in [4.69, 9.17) is 4.74 Å². The number of ether oxygens (including phenoxy) is 1. The number of aliphatic imine (C=N–C) groups is 1. The number of aromatic hydroxyl groups is 1. The smallest absolute Gasteiger partial charge is 0.345 e. The number of carbonyl (C=O) groups is 2. The molecule has 0 aromatic heterocycles. The summed E-state index contributed by atoms with van der Waals surface area (Å²) in [6.45, 7) is 1.59. The molecule has 2 aromatic rings. The highest BCUT2D eigenvalue weighted by Crippen LogP contribution is 2.30. The lowest BCUT2D eigenvalue weighted by Gasteiger charge is -2.13. The maximum Gasteiger partial charge on any atom is 0.345 e. The van der Waals surface area contributed by atoms with Crippen LogP contribution >= 0.6 is 0 Å². The molecule has 2 aromatic carbocycles. The molecular formula is C19H17F2N3O4. The molecular weight excluding hydrogens is 372 g/mol. The van der Waals surface area contributed by atoms with E-state index in [2.05, 4.69) is 15.6 Å². The molecule has 0 aliphatic carbocycles. The number of methoxy groups -OCH3 is 1. The maximum absolute atomic E-state index is 14.4. The number of hydrogen-bond donors (Lipinski definition) is 3. The standard InChI is InChI=1S/C19H17F2N3O4/c1-9-3-4-10(5-15(9)25)23-19(27)24-17-12(8-22-18(17)26)16-13(20)6-11(28-2)7-14(16)21/h3-7,12,25H,8H2,1-2H3,(H,22,26)(H,23,27)/b24-17+/t12-/m0/s1. The highest BCUT2D eigenvalue weighted by molar-refractivity contribution is 6.44. The monoisotopic (exact) mass is 389 g/mol. The second kappa shape index (κ2) is 7.63. The number of benzene rings is 2. The summed E-state index contributed by atoms with van der Waals surface area (Å²) in [5.74, 6) is -3.61. The highest BCUT2D eigenvalue weighted by Gasteiger charge is 2.36. The van der Waals surface area contributed by atoms with Gasteiger partial charge in [-0.1, -0.05) is 6.07 Å². The lowest BCUT2D eigenvalue weighted by atomic mass is 9.95. The SMILES string of the molecule is COc1cc(F)c([C@@H]2CNC(=O)/C2=N/C(=O)Nc2ccc(C)c(O)c2)c(F)c1. The van der Waals surface area contributed by atoms with E-state index in [0.717, 1.165) is 12.1 Å². The topological polar surface area (TPSA) is 100 Å². The van der Waals surface area contributed by atoms with Crippen LogP contribution in [-0.2, 0) is 4.79 Å². The molecule has 1 heterocycles. The zero-order valence-corrected chi connectivity index (χ0v) is 15.0. The number of amides is 3. The molecule has 0 spiro atoms. The van der Waals surface area contributed by atoms with Crippen molar-refractivity contribution in [2.75, 3.05) is 19.0 Å². The van der Waals surface area contributed by atoms with Gasteiger partial charge in [0.25, 0.3) is 5.91 Å². The van der Waals surface area contributed by atoms with Gasteiger partial charge in [0.05, 0.1) is 13.0 Å². The van der Waals surface area contributed by atoms with Crippen LogP contribution < -0.4 is 15.4 Å². The van der Waals surface area contributed by atoms with Gasteiger partial charge in [0.2, 0.25) is 0 Å². The minimum atomic E-state index is -1.07. The van der Waals surface area contributed by atoms with Crippen LogP contribution in [0.4, 0.5) is 19.3 Å². The molecule has 1 atom stereocenters. The van der Waals surface area contributed by atoms with E-state index in [1.165, 1.54) is 13.2 Å². The molecule has 1 aliphatic rings. The number of rotatable bonds is 3. The fraction of sp³-hybridized carbons (Fsp3) is 0.211. The molecule has 1 fully saturated rings. The van der Waals surface area contributed by atoms with Crippen LogP contribution in [0.1, 0.15) is 17.0 Å². The number of hydrogen-bond acceptors (Lipinski definition) is 4. The van der Waals surface area contributed by atoms with Crippen molar-refractivity contribution in [1.82, 2.24) is 5.32 Å². The van der Waals surface area contributed by atoms with E-state index in [1.807, 2.05) is 0 Å². The van der Waals surface area contributed by atoms with Gasteiger partial charge in [-0.25, -0.2) is 13.6 Å². The minimum Gasteiger partial charge on any atom is -0.508 e. The second-order valence-corrected chi connectivity index (χ2v) is 6.20. The molecule has 0 unspecified atom stereocenters. The zero-order valence-electron chi connectivity index (χ0n) is 15.0. The van der Waals surface area contributed by atoms with Crippen molar-refractivity contribution >= 4 is 23.3 Å². The van der Waals surface area contributed by atoms with E-state index < -0.39 is 29.5 Å². The molecule has 1 saturated heterocycles. The van der Waals surface area contributed by atoms with E-state index in [0.29, 0.717) is 5.56 Å². The fourth-order valence-electron chi connectivity index (χ4n) is 2.87. The van der Waals surface area contributed by atoms with Gasteiger partial charge in [0.1, 0.15) is 28.8 Å². The number of urea groups is 1. The molecule has 146 valence electrons. The molecule has 3 amide bonds. The van der Waals surface area contributed by atoms with Crippen molar-refractivity contribution in [3.8, 4) is 11.5 Å². The largest absolute Gasteiger partial charge is 0.508 e. The maximum atomic E-state index is 14.4. The van der Waals surface area contributed by atoms with Crippen LogP contribution in [0.3, 0.4) is 0 Å². The van der Waals surface area contributed by atoms with Gasteiger partial charge in [0, 0.05) is 36.0 Å². The Morgan fingerprint density at radius 3 is 2.57 bits per heavy atom. The third kappa shape index (κ3) is 3.78. The second-order valence-electron chi connectivity index (χ2n) is 6.20. The van der Waals surface area contributed by atoms with E-state index in [9.17, 15) is 23.5 Å². The Kier molecular flexibility index (Phi) is 5.25. The summed E-state index contributed by atoms with van der Waals surface area (Å²) in [5.41, 5.74) is 0.190. The fourth-order valence-corrected chi connectivity index (χ4v) is 2.87. The highest BCUT2D eigenvalue weighted by atomic mass is 19.1. The van der Waals surface area contributed by atoms with Crippen LogP contribution in [0.2, 0.25) is 0 Å². The predicted molar refractivity (Wildman–Crippen MR) is 98.0 cm³/mol. The first-order chi connectivity index (χ1) is 13.3. The van der Waals surface area contributed by atoms with Crippen LogP contribution in [0.25, 0.3) is 0 Å². The number of anilines is 1. The first kappa shape index (κ1) is 19.3. The van der Waals surface area contributed by atoms with Crippen LogP contribution in [0.15, 0.2) is 35.3 Å². The molecule has 3 N–H and O–H groups in total. The summed E-state index contributed by atoms with van der Waals surface area (Å²) in [7, 11) is 1.27. The third-order valence-electron chi connectivity index (χ3n) is 4.35. The Hall–Kier alpha value is -3.49. The van der Waals surface area contributed by atoms with Crippen molar-refractivity contribution < 1.29 is 28.2 Å². The summed E-state index contributed by atoms with van der Waals surface area (Å²) in [6, 6.07) is 5.53. The van der Waals surface area contributed by atoms with Gasteiger partial charge in [-0.2, -0.15) is 4.99 Å². The Labute approximate surface area is 159 Å². The van der Waals surface area contributed by atoms with Crippen LogP contribution in [0, 0.1) is 18.6 Å². The lowest BCUT2D eigenvalue weighted by Crippen LogP contribution is -2.22. The molecule has 7 nitrogen and oxygen atoms in total. The third-order valence-corrected chi connectivity index (χ3v) is 4.35. The molecule has 9 heteroatoms. The van der Waals surface area contributed by atoms with Crippen molar-refractivity contribution in [2.45, 2.75) is 12.8 Å². The average molecular weight is 389 g/mol. The Morgan fingerprint density at radius 1 is 1.29 bits per heavy atom. The van der Waals surface area contributed by atoms with Crippen LogP contribution in [-0.4, -0.2) is 36.4 Å². The lowest BCUT2D eigenvalue weighted by molar-refractivity contribution is -0.113. The van der Waals surface area contributed by atoms with Gasteiger partial charge in [0.15, 0.2) is 0 Å². The first-order valence-electron chi connectivity index (χ1n) is 8.30. The average Bonchev–Trinajstić information content (AvgIpc) is 2.98. The number of nitrogens with one attached hydrogen (secondary N) is 2. The van der Waals surface area contributed by atoms with Gasteiger partial charge in [-0.3, -0.25) is 4.79 Å². The zero-order chi connectivity index (χ0) is 20.4. The van der Waals surface area contributed by atoms with Crippen LogP contribution in [0.5, 0.6) is 11.5 Å². The van der Waals surface area contributed by atoms with Crippen molar-refractivity contribution in [3.05, 3.63) is 53.1 Å². The molecule has 0 radical (unpaired) electrons. The van der Waals surface area contributed by atoms with Crippen molar-refractivity contribution in [1.29, 1.82) is 0 Å². The van der Waals surface area contributed by atoms with Crippen molar-refractivity contribution in [3.63, 3.8) is 0 Å².